The second kappa shape index (κ2) is 4.94. The number of nitrogens with two attached hydrogens (primary N) is 1. The summed E-state index contributed by atoms with van der Waals surface area (Å²) in [5, 5.41) is 3.04. The van der Waals surface area contributed by atoms with Gasteiger partial charge in [-0.15, -0.1) is 0 Å². The van der Waals surface area contributed by atoms with Crippen LogP contribution in [0.25, 0.3) is 0 Å². The Morgan fingerprint density at radius 3 is 2.89 bits per heavy atom. The Labute approximate surface area is 112 Å². The van der Waals surface area contributed by atoms with E-state index < -0.39 is 6.04 Å². The van der Waals surface area contributed by atoms with Gasteiger partial charge in [0.2, 0.25) is 0 Å². The number of carbonyl (C=O) groups excluding carboxylic acids is 1. The lowest BCUT2D eigenvalue weighted by Crippen LogP contribution is -2.41. The topological polar surface area (TPSA) is 64.3 Å². The van der Waals surface area contributed by atoms with E-state index in [0.717, 1.165) is 0 Å². The average Bonchev–Trinajstić information content (AvgIpc) is 2.39. The van der Waals surface area contributed by atoms with Gasteiger partial charge in [-0.3, -0.25) is 0 Å². The van der Waals surface area contributed by atoms with Crippen LogP contribution >= 0.6 is 12.2 Å². The fraction of sp³-hybridized carbons (Fsp3) is 0.385. The molecule has 5 heteroatoms. The maximum absolute atomic E-state index is 12.0. The van der Waals surface area contributed by atoms with Gasteiger partial charge in [-0.05, 0) is 30.5 Å². The largest absolute Gasteiger partial charge is 0.424 e. The molecule has 18 heavy (non-hydrogen) atoms. The number of anilines is 1. The van der Waals surface area contributed by atoms with Crippen molar-refractivity contribution >= 4 is 28.9 Å². The summed E-state index contributed by atoms with van der Waals surface area (Å²) in [6.07, 6.45) is 0.683. The maximum atomic E-state index is 12.0. The summed E-state index contributed by atoms with van der Waals surface area (Å²) in [7, 11) is 0. The normalized spacial score (nSPS) is 18.9. The van der Waals surface area contributed by atoms with E-state index in [1.54, 1.807) is 18.2 Å². The standard InChI is InChI=1S/C13H16N2O2S/c1-7(2)5-10-13(16)17-11-4-3-8(14)6-9(11)12(18)15-10/h3-4,6-7,10H,5,14H2,1-2H3,(H,15,18)/t10-/m0/s1. The van der Waals surface area contributed by atoms with E-state index in [1.807, 2.05) is 13.8 Å². The maximum Gasteiger partial charge on any atom is 0.333 e. The van der Waals surface area contributed by atoms with Gasteiger partial charge in [0.25, 0.3) is 0 Å². The van der Waals surface area contributed by atoms with Gasteiger partial charge in [0.15, 0.2) is 0 Å². The molecule has 0 spiro atoms. The number of hydrogen-bond acceptors (Lipinski definition) is 4. The molecule has 2 rings (SSSR count). The summed E-state index contributed by atoms with van der Waals surface area (Å²) in [6.45, 7) is 4.10. The zero-order valence-corrected chi connectivity index (χ0v) is 11.2. The first-order valence-electron chi connectivity index (χ1n) is 5.89. The Hall–Kier alpha value is -1.62. The van der Waals surface area contributed by atoms with E-state index in [0.29, 0.717) is 34.3 Å². The molecule has 0 bridgehead atoms. The number of rotatable bonds is 2. The van der Waals surface area contributed by atoms with Crippen LogP contribution in [0.4, 0.5) is 5.69 Å². The minimum absolute atomic E-state index is 0.297. The second-order valence-corrected chi connectivity index (χ2v) is 5.24. The molecule has 0 aromatic heterocycles. The highest BCUT2D eigenvalue weighted by molar-refractivity contribution is 7.80. The van der Waals surface area contributed by atoms with Gasteiger partial charge in [0.05, 0.1) is 5.56 Å². The van der Waals surface area contributed by atoms with E-state index in [1.165, 1.54) is 0 Å². The van der Waals surface area contributed by atoms with Crippen molar-refractivity contribution in [1.82, 2.24) is 5.32 Å². The van der Waals surface area contributed by atoms with Crippen molar-refractivity contribution in [2.45, 2.75) is 26.3 Å². The van der Waals surface area contributed by atoms with Gasteiger partial charge < -0.3 is 15.8 Å². The number of fused-ring (bicyclic) bond motifs is 1. The van der Waals surface area contributed by atoms with Gasteiger partial charge in [0.1, 0.15) is 16.8 Å². The molecule has 0 saturated heterocycles. The van der Waals surface area contributed by atoms with Crippen molar-refractivity contribution in [2.75, 3.05) is 5.73 Å². The zero-order chi connectivity index (χ0) is 13.3. The third-order valence-corrected chi connectivity index (χ3v) is 3.09. The van der Waals surface area contributed by atoms with Crippen molar-refractivity contribution in [3.05, 3.63) is 23.8 Å². The first-order chi connectivity index (χ1) is 8.47. The summed E-state index contributed by atoms with van der Waals surface area (Å²) < 4.78 is 5.35. The lowest BCUT2D eigenvalue weighted by molar-refractivity contribution is -0.136. The molecule has 1 aromatic carbocycles. The van der Waals surface area contributed by atoms with Crippen molar-refractivity contribution < 1.29 is 9.53 Å². The number of ether oxygens (including phenoxy) is 1. The van der Waals surface area contributed by atoms with Crippen LogP contribution in [-0.4, -0.2) is 17.0 Å². The number of benzene rings is 1. The van der Waals surface area contributed by atoms with Crippen LogP contribution in [-0.2, 0) is 4.79 Å². The molecule has 1 aliphatic heterocycles. The summed E-state index contributed by atoms with van der Waals surface area (Å²) >= 11 is 5.29. The highest BCUT2D eigenvalue weighted by Gasteiger charge is 2.28. The highest BCUT2D eigenvalue weighted by atomic mass is 32.1. The van der Waals surface area contributed by atoms with Crippen LogP contribution in [0.2, 0.25) is 0 Å². The van der Waals surface area contributed by atoms with Crippen LogP contribution in [0.15, 0.2) is 18.2 Å². The van der Waals surface area contributed by atoms with Gasteiger partial charge in [0, 0.05) is 5.69 Å². The summed E-state index contributed by atoms with van der Waals surface area (Å²) in [6, 6.07) is 4.69. The summed E-state index contributed by atoms with van der Waals surface area (Å²) in [5.41, 5.74) is 6.98. The molecular weight excluding hydrogens is 248 g/mol. The lowest BCUT2D eigenvalue weighted by atomic mass is 10.0. The molecule has 1 heterocycles. The molecule has 0 saturated carbocycles. The molecule has 4 nitrogen and oxygen atoms in total. The Balaban J connectivity index is 2.32. The molecule has 0 aliphatic carbocycles. The monoisotopic (exact) mass is 264 g/mol. The first-order valence-corrected chi connectivity index (χ1v) is 6.30. The van der Waals surface area contributed by atoms with E-state index >= 15 is 0 Å². The number of hydrogen-bond donors (Lipinski definition) is 2. The first kappa shape index (κ1) is 12.8. The molecule has 1 atom stereocenters. The smallest absolute Gasteiger partial charge is 0.333 e. The van der Waals surface area contributed by atoms with Gasteiger partial charge >= 0.3 is 5.97 Å². The van der Waals surface area contributed by atoms with Crippen molar-refractivity contribution in [1.29, 1.82) is 0 Å². The molecule has 1 aliphatic rings. The zero-order valence-electron chi connectivity index (χ0n) is 10.4. The quantitative estimate of drug-likeness (QED) is 0.369. The predicted molar refractivity (Wildman–Crippen MR) is 74.6 cm³/mol. The highest BCUT2D eigenvalue weighted by Crippen LogP contribution is 2.25. The molecular formula is C13H16N2O2S. The lowest BCUT2D eigenvalue weighted by Gasteiger charge is -2.16. The Morgan fingerprint density at radius 1 is 1.50 bits per heavy atom. The fourth-order valence-corrected chi connectivity index (χ4v) is 2.22. The van der Waals surface area contributed by atoms with Crippen LogP contribution in [0.3, 0.4) is 0 Å². The van der Waals surface area contributed by atoms with Gasteiger partial charge in [-0.2, -0.15) is 0 Å². The fourth-order valence-electron chi connectivity index (χ4n) is 1.92. The van der Waals surface area contributed by atoms with Crippen LogP contribution < -0.4 is 15.8 Å². The van der Waals surface area contributed by atoms with E-state index in [-0.39, 0.29) is 5.97 Å². The van der Waals surface area contributed by atoms with E-state index in [9.17, 15) is 4.79 Å². The van der Waals surface area contributed by atoms with Crippen molar-refractivity contribution in [3.8, 4) is 5.75 Å². The number of esters is 1. The number of nitrogens with one attached hydrogen (secondary N) is 1. The molecule has 1 aromatic rings. The molecule has 0 unspecified atom stereocenters. The summed E-state index contributed by atoms with van der Waals surface area (Å²) in [4.78, 5) is 12.5. The molecule has 96 valence electrons. The van der Waals surface area contributed by atoms with Gasteiger partial charge in [-0.1, -0.05) is 26.1 Å². The van der Waals surface area contributed by atoms with Crippen molar-refractivity contribution in [2.24, 2.45) is 5.92 Å². The number of nitrogen functional groups attached to an aromatic ring is 1. The molecule has 0 radical (unpaired) electrons. The van der Waals surface area contributed by atoms with Crippen LogP contribution in [0.1, 0.15) is 25.8 Å². The molecule has 0 amide bonds. The van der Waals surface area contributed by atoms with E-state index in [2.05, 4.69) is 5.32 Å². The Bertz CT molecular complexity index is 500. The Morgan fingerprint density at radius 2 is 2.22 bits per heavy atom. The predicted octanol–water partition coefficient (Wildman–Crippen LogP) is 1.87. The third kappa shape index (κ3) is 2.61. The minimum atomic E-state index is -0.397. The average molecular weight is 264 g/mol. The van der Waals surface area contributed by atoms with Gasteiger partial charge in [-0.25, -0.2) is 4.79 Å². The van der Waals surface area contributed by atoms with E-state index in [4.69, 9.17) is 22.7 Å². The summed E-state index contributed by atoms with van der Waals surface area (Å²) in [5.74, 6) is 0.552. The minimum Gasteiger partial charge on any atom is -0.424 e. The second-order valence-electron chi connectivity index (χ2n) is 4.83. The number of thiocarbonyl (C=S) groups is 1. The Kier molecular flexibility index (Phi) is 3.52. The van der Waals surface area contributed by atoms with Crippen LogP contribution in [0, 0.1) is 5.92 Å². The molecule has 0 fully saturated rings. The molecule has 3 N–H and O–H groups in total. The number of carbonyl (C=O) groups is 1. The van der Waals surface area contributed by atoms with Crippen LogP contribution in [0.5, 0.6) is 5.75 Å². The SMILES string of the molecule is CC(C)C[C@@H]1NC(=S)c2cc(N)ccc2OC1=O. The van der Waals surface area contributed by atoms with Crippen molar-refractivity contribution in [3.63, 3.8) is 0 Å². The third-order valence-electron chi connectivity index (χ3n) is 2.76.